The largest absolute Gasteiger partial charge is 0.379 e. The normalized spacial score (nSPS) is 16.2. The third-order valence-corrected chi connectivity index (χ3v) is 5.58. The van der Waals surface area contributed by atoms with Crippen LogP contribution in [0.2, 0.25) is 0 Å². The molecule has 1 unspecified atom stereocenters. The number of nitrogens with zero attached hydrogens (tertiary/aromatic N) is 2. The topological polar surface area (TPSA) is 78.0 Å². The molecule has 0 spiro atoms. The van der Waals surface area contributed by atoms with Gasteiger partial charge in [-0.2, -0.15) is 0 Å². The van der Waals surface area contributed by atoms with Crippen LogP contribution in [0.5, 0.6) is 0 Å². The highest BCUT2D eigenvalue weighted by Gasteiger charge is 2.22. The Morgan fingerprint density at radius 3 is 2.59 bits per heavy atom. The molecule has 7 nitrogen and oxygen atoms in total. The van der Waals surface area contributed by atoms with Crippen molar-refractivity contribution in [2.75, 3.05) is 53.0 Å². The number of rotatable bonds is 10. The smallest absolute Gasteiger partial charge is 0.261 e. The molecule has 0 radical (unpaired) electrons. The molecule has 1 aliphatic rings. The molecule has 0 saturated carbocycles. The molecule has 0 aromatic carbocycles. The number of nitrogens with one attached hydrogen (secondary N) is 3. The lowest BCUT2D eigenvalue weighted by atomic mass is 10.0. The van der Waals surface area contributed by atoms with E-state index in [-0.39, 0.29) is 29.9 Å². The van der Waals surface area contributed by atoms with Crippen molar-refractivity contribution in [2.24, 2.45) is 10.9 Å². The van der Waals surface area contributed by atoms with Gasteiger partial charge in [-0.3, -0.25) is 14.7 Å². The average Bonchev–Trinajstić information content (AvgIpc) is 3.24. The van der Waals surface area contributed by atoms with Gasteiger partial charge in [-0.05, 0) is 30.2 Å². The Kier molecular flexibility index (Phi) is 13.5. The lowest BCUT2D eigenvalue weighted by Gasteiger charge is -2.35. The Morgan fingerprint density at radius 2 is 1.97 bits per heavy atom. The molecule has 1 aromatic heterocycles. The van der Waals surface area contributed by atoms with E-state index in [1.807, 2.05) is 17.5 Å². The zero-order chi connectivity index (χ0) is 20.2. The van der Waals surface area contributed by atoms with Crippen LogP contribution in [0, 0.1) is 5.92 Å². The monoisotopic (exact) mass is 537 g/mol. The van der Waals surface area contributed by atoms with Crippen molar-refractivity contribution in [2.45, 2.75) is 32.7 Å². The summed E-state index contributed by atoms with van der Waals surface area (Å²) in [6.07, 6.45) is 2.00. The van der Waals surface area contributed by atoms with E-state index >= 15 is 0 Å². The van der Waals surface area contributed by atoms with Crippen molar-refractivity contribution in [3.63, 3.8) is 0 Å². The van der Waals surface area contributed by atoms with Crippen LogP contribution in [-0.4, -0.2) is 75.8 Å². The molecule has 1 amide bonds. The number of carbonyl (C=O) groups is 1. The van der Waals surface area contributed by atoms with Crippen molar-refractivity contribution in [3.8, 4) is 0 Å². The van der Waals surface area contributed by atoms with Gasteiger partial charge in [0.05, 0.1) is 18.1 Å². The zero-order valence-electron chi connectivity index (χ0n) is 17.8. The minimum Gasteiger partial charge on any atom is -0.379 e. The highest BCUT2D eigenvalue weighted by molar-refractivity contribution is 14.0. The lowest BCUT2D eigenvalue weighted by Crippen LogP contribution is -2.51. The first-order valence-corrected chi connectivity index (χ1v) is 11.1. The van der Waals surface area contributed by atoms with Crippen molar-refractivity contribution in [1.82, 2.24) is 20.9 Å². The molecule has 1 atom stereocenters. The summed E-state index contributed by atoms with van der Waals surface area (Å²) >= 11 is 1.46. The van der Waals surface area contributed by atoms with E-state index in [1.165, 1.54) is 11.3 Å². The fourth-order valence-electron chi connectivity index (χ4n) is 3.28. The van der Waals surface area contributed by atoms with E-state index < -0.39 is 0 Å². The van der Waals surface area contributed by atoms with Crippen LogP contribution in [-0.2, 0) is 4.74 Å². The van der Waals surface area contributed by atoms with E-state index in [0.717, 1.165) is 63.1 Å². The summed E-state index contributed by atoms with van der Waals surface area (Å²) in [5, 5.41) is 11.7. The van der Waals surface area contributed by atoms with Gasteiger partial charge in [-0.25, -0.2) is 0 Å². The predicted molar refractivity (Wildman–Crippen MR) is 132 cm³/mol. The molecular formula is C20H36IN5O2S. The molecule has 1 aliphatic heterocycles. The number of amides is 1. The standard InChI is InChI=1S/C20H35N5O2S.HI/c1-16(2)14-17(25-9-11-27-12-10-25)15-24-20(21-3)23-8-5-7-22-19(26)18-6-4-13-28-18;/h4,6,13,16-17H,5,7-12,14-15H2,1-3H3,(H,22,26)(H2,21,23,24);1H. The molecule has 29 heavy (non-hydrogen) atoms. The van der Waals surface area contributed by atoms with E-state index in [0.29, 0.717) is 18.5 Å². The average molecular weight is 538 g/mol. The van der Waals surface area contributed by atoms with E-state index in [4.69, 9.17) is 4.74 Å². The van der Waals surface area contributed by atoms with E-state index in [1.54, 1.807) is 7.05 Å². The maximum atomic E-state index is 11.9. The Bertz CT molecular complexity index is 592. The molecule has 1 saturated heterocycles. The number of hydrogen-bond donors (Lipinski definition) is 3. The number of carbonyl (C=O) groups excluding carboxylic acids is 1. The summed E-state index contributed by atoms with van der Waals surface area (Å²) in [6.45, 7) is 10.4. The number of guanidine groups is 1. The second kappa shape index (κ2) is 15.0. The Labute approximate surface area is 196 Å². The summed E-state index contributed by atoms with van der Waals surface area (Å²) in [5.41, 5.74) is 0. The third-order valence-electron chi connectivity index (χ3n) is 4.71. The molecule has 1 fully saturated rings. The van der Waals surface area contributed by atoms with Crippen LogP contribution in [0.15, 0.2) is 22.5 Å². The van der Waals surface area contributed by atoms with Crippen molar-refractivity contribution in [3.05, 3.63) is 22.4 Å². The SMILES string of the molecule is CN=C(NCCCNC(=O)c1cccs1)NCC(CC(C)C)N1CCOCC1.I. The first-order valence-electron chi connectivity index (χ1n) is 10.2. The van der Waals surface area contributed by atoms with Gasteiger partial charge in [0.15, 0.2) is 5.96 Å². The maximum Gasteiger partial charge on any atom is 0.261 e. The second-order valence-electron chi connectivity index (χ2n) is 7.40. The van der Waals surface area contributed by atoms with Crippen LogP contribution >= 0.6 is 35.3 Å². The van der Waals surface area contributed by atoms with E-state index in [9.17, 15) is 4.79 Å². The molecule has 3 N–H and O–H groups in total. The van der Waals surface area contributed by atoms with Gasteiger partial charge in [0.1, 0.15) is 0 Å². The van der Waals surface area contributed by atoms with Crippen molar-refractivity contribution < 1.29 is 9.53 Å². The van der Waals surface area contributed by atoms with Gasteiger partial charge in [0.25, 0.3) is 5.91 Å². The van der Waals surface area contributed by atoms with Gasteiger partial charge >= 0.3 is 0 Å². The van der Waals surface area contributed by atoms with Crippen LogP contribution in [0.3, 0.4) is 0 Å². The predicted octanol–water partition coefficient (Wildman–Crippen LogP) is 2.40. The van der Waals surface area contributed by atoms with Gasteiger partial charge in [-0.1, -0.05) is 19.9 Å². The molecule has 2 rings (SSSR count). The summed E-state index contributed by atoms with van der Waals surface area (Å²) in [7, 11) is 1.79. The number of thiophene rings is 1. The summed E-state index contributed by atoms with van der Waals surface area (Å²) in [6, 6.07) is 4.21. The van der Waals surface area contributed by atoms with Gasteiger partial charge in [-0.15, -0.1) is 35.3 Å². The first-order chi connectivity index (χ1) is 13.6. The molecular weight excluding hydrogens is 501 g/mol. The maximum absolute atomic E-state index is 11.9. The first kappa shape index (κ1) is 26.1. The van der Waals surface area contributed by atoms with Gasteiger partial charge in [0, 0.05) is 45.8 Å². The number of aliphatic imine (C=N–C) groups is 1. The number of hydrogen-bond acceptors (Lipinski definition) is 5. The van der Waals surface area contributed by atoms with Crippen LogP contribution in [0.1, 0.15) is 36.4 Å². The fourth-order valence-corrected chi connectivity index (χ4v) is 3.92. The highest BCUT2D eigenvalue weighted by atomic mass is 127. The molecule has 0 bridgehead atoms. The molecule has 1 aromatic rings. The summed E-state index contributed by atoms with van der Waals surface area (Å²) in [4.78, 5) is 19.5. The quantitative estimate of drug-likeness (QED) is 0.185. The Balaban J connectivity index is 0.00000420. The van der Waals surface area contributed by atoms with Crippen LogP contribution < -0.4 is 16.0 Å². The van der Waals surface area contributed by atoms with Gasteiger partial charge in [0.2, 0.25) is 0 Å². The number of ether oxygens (including phenoxy) is 1. The summed E-state index contributed by atoms with van der Waals surface area (Å²) in [5.74, 6) is 1.46. The minimum atomic E-state index is -0.000421. The van der Waals surface area contributed by atoms with Crippen LogP contribution in [0.25, 0.3) is 0 Å². The number of morpholine rings is 1. The Hall–Kier alpha value is -0.910. The fraction of sp³-hybridized carbons (Fsp3) is 0.700. The van der Waals surface area contributed by atoms with Crippen molar-refractivity contribution >= 4 is 47.2 Å². The third kappa shape index (κ3) is 10.1. The van der Waals surface area contributed by atoms with Crippen LogP contribution in [0.4, 0.5) is 0 Å². The zero-order valence-corrected chi connectivity index (χ0v) is 20.9. The minimum absolute atomic E-state index is 0. The second-order valence-corrected chi connectivity index (χ2v) is 8.35. The lowest BCUT2D eigenvalue weighted by molar-refractivity contribution is 0.0132. The molecule has 0 aliphatic carbocycles. The molecule has 166 valence electrons. The summed E-state index contributed by atoms with van der Waals surface area (Å²) < 4.78 is 5.49. The molecule has 9 heteroatoms. The number of halogens is 1. The van der Waals surface area contributed by atoms with Crippen molar-refractivity contribution in [1.29, 1.82) is 0 Å². The molecule has 2 heterocycles. The van der Waals surface area contributed by atoms with Gasteiger partial charge < -0.3 is 20.7 Å². The van der Waals surface area contributed by atoms with E-state index in [2.05, 4.69) is 39.7 Å². The Morgan fingerprint density at radius 1 is 1.24 bits per heavy atom. The highest BCUT2D eigenvalue weighted by Crippen LogP contribution is 2.13.